The van der Waals surface area contributed by atoms with E-state index in [4.69, 9.17) is 11.6 Å². The summed E-state index contributed by atoms with van der Waals surface area (Å²) >= 11 is 9.95. The SMILES string of the molecule is CCCNC(CC1CCCC1)c1cc(Br)ccc1Cl. The topological polar surface area (TPSA) is 12.0 Å². The molecular formula is C16H23BrClN. The Morgan fingerprint density at radius 1 is 1.37 bits per heavy atom. The van der Waals surface area contributed by atoms with Crippen LogP contribution in [0.5, 0.6) is 0 Å². The van der Waals surface area contributed by atoms with Crippen molar-refractivity contribution in [3.8, 4) is 0 Å². The zero-order chi connectivity index (χ0) is 13.7. The second kappa shape index (κ2) is 7.66. The Hall–Kier alpha value is -0.0500. The molecule has 1 aliphatic rings. The molecule has 1 fully saturated rings. The van der Waals surface area contributed by atoms with Crippen molar-refractivity contribution < 1.29 is 0 Å². The van der Waals surface area contributed by atoms with E-state index in [2.05, 4.69) is 34.2 Å². The number of halogens is 2. The van der Waals surface area contributed by atoms with Gasteiger partial charge in [-0.05, 0) is 49.1 Å². The lowest BCUT2D eigenvalue weighted by atomic mass is 9.93. The van der Waals surface area contributed by atoms with Gasteiger partial charge in [0.2, 0.25) is 0 Å². The minimum Gasteiger partial charge on any atom is -0.310 e. The zero-order valence-corrected chi connectivity index (χ0v) is 13.9. The summed E-state index contributed by atoms with van der Waals surface area (Å²) in [7, 11) is 0. The fraction of sp³-hybridized carbons (Fsp3) is 0.625. The summed E-state index contributed by atoms with van der Waals surface area (Å²) in [5, 5.41) is 4.56. The van der Waals surface area contributed by atoms with Gasteiger partial charge in [-0.2, -0.15) is 0 Å². The van der Waals surface area contributed by atoms with E-state index in [0.717, 1.165) is 28.4 Å². The highest BCUT2D eigenvalue weighted by Crippen LogP contribution is 2.36. The van der Waals surface area contributed by atoms with Crippen LogP contribution in [-0.2, 0) is 0 Å². The first-order chi connectivity index (χ1) is 9.20. The average molecular weight is 345 g/mol. The highest BCUT2D eigenvalue weighted by molar-refractivity contribution is 9.10. The molecular weight excluding hydrogens is 322 g/mol. The standard InChI is InChI=1S/C16H23BrClN/c1-2-9-19-16(10-12-5-3-4-6-12)14-11-13(17)7-8-15(14)18/h7-8,11-12,16,19H,2-6,9-10H2,1H3. The van der Waals surface area contributed by atoms with E-state index >= 15 is 0 Å². The van der Waals surface area contributed by atoms with Crippen LogP contribution in [-0.4, -0.2) is 6.54 Å². The molecule has 0 saturated heterocycles. The van der Waals surface area contributed by atoms with E-state index in [1.807, 2.05) is 12.1 Å². The minimum atomic E-state index is 0.396. The summed E-state index contributed by atoms with van der Waals surface area (Å²) in [6.07, 6.45) is 7.95. The number of rotatable bonds is 6. The van der Waals surface area contributed by atoms with Gasteiger partial charge in [-0.15, -0.1) is 0 Å². The molecule has 0 heterocycles. The molecule has 106 valence electrons. The first-order valence-corrected chi connectivity index (χ1v) is 8.56. The number of hydrogen-bond donors (Lipinski definition) is 1. The van der Waals surface area contributed by atoms with Crippen LogP contribution in [0.15, 0.2) is 22.7 Å². The van der Waals surface area contributed by atoms with Crippen LogP contribution in [0, 0.1) is 5.92 Å². The fourth-order valence-corrected chi connectivity index (χ4v) is 3.63. The van der Waals surface area contributed by atoms with Crippen LogP contribution in [0.4, 0.5) is 0 Å². The number of hydrogen-bond acceptors (Lipinski definition) is 1. The van der Waals surface area contributed by atoms with Crippen molar-refractivity contribution in [1.29, 1.82) is 0 Å². The van der Waals surface area contributed by atoms with Gasteiger partial charge < -0.3 is 5.32 Å². The van der Waals surface area contributed by atoms with Crippen molar-refractivity contribution in [2.45, 2.75) is 51.5 Å². The lowest BCUT2D eigenvalue weighted by Crippen LogP contribution is -2.24. The maximum Gasteiger partial charge on any atom is 0.0454 e. The molecule has 0 aliphatic heterocycles. The molecule has 19 heavy (non-hydrogen) atoms. The summed E-state index contributed by atoms with van der Waals surface area (Å²) in [5.41, 5.74) is 1.25. The molecule has 0 aromatic heterocycles. The van der Waals surface area contributed by atoms with Gasteiger partial charge in [0, 0.05) is 15.5 Å². The van der Waals surface area contributed by atoms with Crippen molar-refractivity contribution in [3.05, 3.63) is 33.3 Å². The largest absolute Gasteiger partial charge is 0.310 e. The van der Waals surface area contributed by atoms with E-state index in [1.54, 1.807) is 0 Å². The van der Waals surface area contributed by atoms with Crippen LogP contribution < -0.4 is 5.32 Å². The van der Waals surface area contributed by atoms with E-state index in [9.17, 15) is 0 Å². The first-order valence-electron chi connectivity index (χ1n) is 7.39. The Kier molecular flexibility index (Phi) is 6.18. The molecule has 1 atom stereocenters. The average Bonchev–Trinajstić information content (AvgIpc) is 2.90. The number of nitrogens with one attached hydrogen (secondary N) is 1. The molecule has 0 radical (unpaired) electrons. The van der Waals surface area contributed by atoms with Crippen molar-refractivity contribution in [2.75, 3.05) is 6.54 Å². The molecule has 0 bridgehead atoms. The van der Waals surface area contributed by atoms with Crippen LogP contribution in [0.25, 0.3) is 0 Å². The third kappa shape index (κ3) is 4.47. The van der Waals surface area contributed by atoms with Gasteiger partial charge in [0.15, 0.2) is 0 Å². The lowest BCUT2D eigenvalue weighted by Gasteiger charge is -2.23. The van der Waals surface area contributed by atoms with Crippen molar-refractivity contribution >= 4 is 27.5 Å². The van der Waals surface area contributed by atoms with Gasteiger partial charge in [0.25, 0.3) is 0 Å². The zero-order valence-electron chi connectivity index (χ0n) is 11.6. The van der Waals surface area contributed by atoms with Crippen molar-refractivity contribution in [2.24, 2.45) is 5.92 Å². The molecule has 1 saturated carbocycles. The Morgan fingerprint density at radius 2 is 2.11 bits per heavy atom. The second-order valence-corrected chi connectivity index (χ2v) is 6.88. The van der Waals surface area contributed by atoms with Crippen LogP contribution in [0.2, 0.25) is 5.02 Å². The van der Waals surface area contributed by atoms with Gasteiger partial charge in [0.1, 0.15) is 0 Å². The lowest BCUT2D eigenvalue weighted by molar-refractivity contribution is 0.395. The normalized spacial score (nSPS) is 17.8. The van der Waals surface area contributed by atoms with Crippen molar-refractivity contribution in [3.63, 3.8) is 0 Å². The van der Waals surface area contributed by atoms with E-state index < -0.39 is 0 Å². The maximum absolute atomic E-state index is 6.39. The van der Waals surface area contributed by atoms with Gasteiger partial charge in [-0.3, -0.25) is 0 Å². The van der Waals surface area contributed by atoms with E-state index in [0.29, 0.717) is 6.04 Å². The molecule has 0 spiro atoms. The minimum absolute atomic E-state index is 0.396. The van der Waals surface area contributed by atoms with Crippen molar-refractivity contribution in [1.82, 2.24) is 5.32 Å². The molecule has 1 aromatic carbocycles. The highest BCUT2D eigenvalue weighted by atomic mass is 79.9. The Bertz CT molecular complexity index is 402. The predicted octanol–water partition coefficient (Wildman–Crippen LogP) is 5.72. The molecule has 1 N–H and O–H groups in total. The molecule has 2 rings (SSSR count). The smallest absolute Gasteiger partial charge is 0.0454 e. The van der Waals surface area contributed by atoms with Gasteiger partial charge >= 0.3 is 0 Å². The molecule has 1 nitrogen and oxygen atoms in total. The summed E-state index contributed by atoms with van der Waals surface area (Å²) < 4.78 is 1.11. The summed E-state index contributed by atoms with van der Waals surface area (Å²) in [5.74, 6) is 0.865. The number of benzene rings is 1. The first kappa shape index (κ1) is 15.3. The van der Waals surface area contributed by atoms with Crippen LogP contribution >= 0.6 is 27.5 Å². The maximum atomic E-state index is 6.39. The summed E-state index contributed by atoms with van der Waals surface area (Å²) in [6.45, 7) is 3.27. The Labute approximate surface area is 130 Å². The Morgan fingerprint density at radius 3 is 2.79 bits per heavy atom. The molecule has 1 aromatic rings. The monoisotopic (exact) mass is 343 g/mol. The van der Waals surface area contributed by atoms with Gasteiger partial charge in [0.05, 0.1) is 0 Å². The van der Waals surface area contributed by atoms with Crippen LogP contribution in [0.1, 0.15) is 57.1 Å². The van der Waals surface area contributed by atoms with Gasteiger partial charge in [-0.1, -0.05) is 60.1 Å². The third-order valence-corrected chi connectivity index (χ3v) is 4.86. The Balaban J connectivity index is 2.12. The van der Waals surface area contributed by atoms with E-state index in [-0.39, 0.29) is 0 Å². The van der Waals surface area contributed by atoms with Crippen LogP contribution in [0.3, 0.4) is 0 Å². The van der Waals surface area contributed by atoms with Gasteiger partial charge in [-0.25, -0.2) is 0 Å². The molecule has 0 amide bonds. The highest BCUT2D eigenvalue weighted by Gasteiger charge is 2.22. The fourth-order valence-electron chi connectivity index (χ4n) is 3.00. The summed E-state index contributed by atoms with van der Waals surface area (Å²) in [6, 6.07) is 6.58. The molecule has 1 unspecified atom stereocenters. The third-order valence-electron chi connectivity index (χ3n) is 4.02. The second-order valence-electron chi connectivity index (χ2n) is 5.56. The molecule has 3 heteroatoms. The predicted molar refractivity (Wildman–Crippen MR) is 86.8 cm³/mol. The summed E-state index contributed by atoms with van der Waals surface area (Å²) in [4.78, 5) is 0. The van der Waals surface area contributed by atoms with E-state index in [1.165, 1.54) is 37.7 Å². The molecule has 1 aliphatic carbocycles. The quantitative estimate of drug-likeness (QED) is 0.695.